The van der Waals surface area contributed by atoms with Crippen LogP contribution in [0.2, 0.25) is 0 Å². The lowest BCUT2D eigenvalue weighted by molar-refractivity contribution is -0.0893. The van der Waals surface area contributed by atoms with Gasteiger partial charge in [-0.3, -0.25) is 0 Å². The Bertz CT molecular complexity index is 413. The quantitative estimate of drug-likeness (QED) is 0.773. The third kappa shape index (κ3) is 3.31. The first kappa shape index (κ1) is 15.2. The summed E-state index contributed by atoms with van der Waals surface area (Å²) in [6, 6.07) is 4.70. The maximum Gasteiger partial charge on any atom is 0.333 e. The monoisotopic (exact) mass is 253 g/mol. The normalized spacial score (nSPS) is 12.6. The van der Waals surface area contributed by atoms with Crippen molar-refractivity contribution in [2.24, 2.45) is 0 Å². The largest absolute Gasteiger partial charge is 0.427 e. The Morgan fingerprint density at radius 1 is 1.28 bits per heavy atom. The van der Waals surface area contributed by atoms with Gasteiger partial charge in [-0.25, -0.2) is 4.39 Å². The first-order valence-electron chi connectivity index (χ1n) is 5.80. The molecule has 5 heteroatoms. The third-order valence-electron chi connectivity index (χ3n) is 3.23. The Labute approximate surface area is 108 Å². The second-order valence-electron chi connectivity index (χ2n) is 5.28. The van der Waals surface area contributed by atoms with Gasteiger partial charge in [-0.05, 0) is 33.2 Å². The summed E-state index contributed by atoms with van der Waals surface area (Å²) in [5.74, 6) is -0.508. The van der Waals surface area contributed by atoms with E-state index in [0.29, 0.717) is 0 Å². The van der Waals surface area contributed by atoms with Crippen LogP contribution in [0.4, 0.5) is 4.39 Å². The summed E-state index contributed by atoms with van der Waals surface area (Å²) in [6.07, 6.45) is 0. The molecule has 1 rings (SSSR count). The number of aliphatic hydroxyl groups excluding tert-OH is 1. The Morgan fingerprint density at radius 2 is 1.89 bits per heavy atom. The molecule has 0 spiro atoms. The molecule has 0 aliphatic heterocycles. The van der Waals surface area contributed by atoms with Gasteiger partial charge in [0.1, 0.15) is 5.82 Å². The molecule has 0 saturated heterocycles. The Morgan fingerprint density at radius 3 is 2.39 bits per heavy atom. The molecule has 0 aliphatic rings. The van der Waals surface area contributed by atoms with Crippen molar-refractivity contribution in [1.29, 1.82) is 0 Å². The lowest BCUT2D eigenvalue weighted by Crippen LogP contribution is -2.49. The van der Waals surface area contributed by atoms with E-state index in [0.717, 1.165) is 0 Å². The predicted molar refractivity (Wildman–Crippen MR) is 69.2 cm³/mol. The molecule has 1 radical (unpaired) electrons. The van der Waals surface area contributed by atoms with E-state index in [1.54, 1.807) is 39.8 Å². The van der Waals surface area contributed by atoms with Crippen LogP contribution in [0.1, 0.15) is 33.3 Å². The minimum Gasteiger partial charge on any atom is -0.427 e. The molecule has 0 saturated carbocycles. The SMILES string of the molecule is CC(C)(O)C(C)(C)O[B]c1cccc(CO)c1F. The first-order valence-corrected chi connectivity index (χ1v) is 5.80. The summed E-state index contributed by atoms with van der Waals surface area (Å²) in [4.78, 5) is 0. The van der Waals surface area contributed by atoms with Gasteiger partial charge in [0.25, 0.3) is 0 Å². The van der Waals surface area contributed by atoms with E-state index in [4.69, 9.17) is 9.76 Å². The molecule has 1 aromatic rings. The van der Waals surface area contributed by atoms with E-state index in [1.807, 2.05) is 0 Å². The summed E-state index contributed by atoms with van der Waals surface area (Å²) < 4.78 is 19.3. The topological polar surface area (TPSA) is 49.7 Å². The summed E-state index contributed by atoms with van der Waals surface area (Å²) in [6.45, 7) is 6.33. The van der Waals surface area contributed by atoms with Gasteiger partial charge in [-0.15, -0.1) is 0 Å². The van der Waals surface area contributed by atoms with Crippen molar-refractivity contribution < 1.29 is 19.3 Å². The molecule has 0 aliphatic carbocycles. The number of aliphatic hydroxyl groups is 2. The molecular weight excluding hydrogens is 234 g/mol. The molecule has 0 aromatic heterocycles. The molecule has 3 nitrogen and oxygen atoms in total. The molecule has 0 amide bonds. The zero-order chi connectivity index (χ0) is 14.0. The van der Waals surface area contributed by atoms with E-state index >= 15 is 0 Å². The fourth-order valence-corrected chi connectivity index (χ4v) is 1.17. The van der Waals surface area contributed by atoms with Crippen molar-refractivity contribution >= 4 is 12.9 Å². The Balaban J connectivity index is 2.82. The lowest BCUT2D eigenvalue weighted by atomic mass is 9.82. The highest BCUT2D eigenvalue weighted by molar-refractivity contribution is 6.47. The van der Waals surface area contributed by atoms with Crippen LogP contribution in [0, 0.1) is 5.82 Å². The van der Waals surface area contributed by atoms with E-state index in [2.05, 4.69) is 0 Å². The zero-order valence-electron chi connectivity index (χ0n) is 11.2. The fraction of sp³-hybridized carbons (Fsp3) is 0.538. The van der Waals surface area contributed by atoms with Crippen LogP contribution in [-0.4, -0.2) is 28.9 Å². The second kappa shape index (κ2) is 5.39. The maximum atomic E-state index is 13.8. The van der Waals surface area contributed by atoms with Crippen molar-refractivity contribution in [3.8, 4) is 0 Å². The molecular formula is C13H19BFO3. The van der Waals surface area contributed by atoms with Crippen molar-refractivity contribution in [3.63, 3.8) is 0 Å². The summed E-state index contributed by atoms with van der Waals surface area (Å²) in [7, 11) is 1.27. The van der Waals surface area contributed by atoms with Gasteiger partial charge in [0, 0.05) is 5.56 Å². The van der Waals surface area contributed by atoms with Crippen LogP contribution >= 0.6 is 0 Å². The van der Waals surface area contributed by atoms with Gasteiger partial charge < -0.3 is 14.9 Å². The molecule has 2 N–H and O–H groups in total. The molecule has 0 atom stereocenters. The van der Waals surface area contributed by atoms with Gasteiger partial charge in [-0.2, -0.15) is 0 Å². The standard InChI is InChI=1S/C13H19BFO3/c1-12(2,17)13(3,4)18-14-10-7-5-6-9(8-16)11(10)15/h5-7,16-17H,8H2,1-4H3. The van der Waals surface area contributed by atoms with Crippen LogP contribution in [0.3, 0.4) is 0 Å². The molecule has 1 aromatic carbocycles. The second-order valence-corrected chi connectivity index (χ2v) is 5.28. The van der Waals surface area contributed by atoms with Gasteiger partial charge in [0.05, 0.1) is 17.8 Å². The predicted octanol–water partition coefficient (Wildman–Crippen LogP) is 1.13. The van der Waals surface area contributed by atoms with Crippen LogP contribution in [-0.2, 0) is 11.3 Å². The number of hydrogen-bond donors (Lipinski definition) is 2. The van der Waals surface area contributed by atoms with E-state index < -0.39 is 17.0 Å². The molecule has 18 heavy (non-hydrogen) atoms. The summed E-state index contributed by atoms with van der Waals surface area (Å²) >= 11 is 0. The highest BCUT2D eigenvalue weighted by Crippen LogP contribution is 2.24. The van der Waals surface area contributed by atoms with Crippen molar-refractivity contribution in [1.82, 2.24) is 0 Å². The first-order chi connectivity index (χ1) is 8.19. The van der Waals surface area contributed by atoms with Gasteiger partial charge >= 0.3 is 7.48 Å². The molecule has 0 unspecified atom stereocenters. The Hall–Kier alpha value is -0.905. The number of hydrogen-bond acceptors (Lipinski definition) is 3. The highest BCUT2D eigenvalue weighted by Gasteiger charge is 2.35. The highest BCUT2D eigenvalue weighted by atomic mass is 19.1. The number of benzene rings is 1. The average molecular weight is 253 g/mol. The lowest BCUT2D eigenvalue weighted by Gasteiger charge is -2.37. The van der Waals surface area contributed by atoms with Gasteiger partial charge in [0.2, 0.25) is 0 Å². The number of rotatable bonds is 5. The van der Waals surface area contributed by atoms with E-state index in [9.17, 15) is 9.50 Å². The minimum absolute atomic E-state index is 0.216. The minimum atomic E-state index is -1.06. The molecule has 0 heterocycles. The molecule has 0 bridgehead atoms. The number of halogens is 1. The van der Waals surface area contributed by atoms with E-state index in [1.165, 1.54) is 13.5 Å². The molecule has 0 fully saturated rings. The smallest absolute Gasteiger partial charge is 0.333 e. The van der Waals surface area contributed by atoms with E-state index in [-0.39, 0.29) is 17.6 Å². The molecule has 99 valence electrons. The van der Waals surface area contributed by atoms with Crippen LogP contribution < -0.4 is 5.46 Å². The zero-order valence-corrected chi connectivity index (χ0v) is 11.2. The van der Waals surface area contributed by atoms with Crippen molar-refractivity contribution in [3.05, 3.63) is 29.6 Å². The summed E-state index contributed by atoms with van der Waals surface area (Å²) in [5, 5.41) is 18.9. The van der Waals surface area contributed by atoms with Gasteiger partial charge in [-0.1, -0.05) is 18.2 Å². The van der Waals surface area contributed by atoms with Crippen molar-refractivity contribution in [2.45, 2.75) is 45.5 Å². The fourth-order valence-electron chi connectivity index (χ4n) is 1.17. The Kier molecular flexibility index (Phi) is 4.53. The third-order valence-corrected chi connectivity index (χ3v) is 3.23. The van der Waals surface area contributed by atoms with Crippen LogP contribution in [0.25, 0.3) is 0 Å². The van der Waals surface area contributed by atoms with Crippen molar-refractivity contribution in [2.75, 3.05) is 0 Å². The summed E-state index contributed by atoms with van der Waals surface area (Å²) in [5.41, 5.74) is -1.45. The maximum absolute atomic E-state index is 13.8. The van der Waals surface area contributed by atoms with Crippen LogP contribution in [0.15, 0.2) is 18.2 Å². The van der Waals surface area contributed by atoms with Crippen LogP contribution in [0.5, 0.6) is 0 Å². The average Bonchev–Trinajstić information content (AvgIpc) is 2.26. The van der Waals surface area contributed by atoms with Gasteiger partial charge in [0.15, 0.2) is 0 Å².